The molecular weight excluding hydrogens is 336 g/mol. The third-order valence-corrected chi connectivity index (χ3v) is 6.42. The van der Waals surface area contributed by atoms with Crippen molar-refractivity contribution in [3.05, 3.63) is 52.4 Å². The second-order valence-electron chi connectivity index (χ2n) is 6.06. The van der Waals surface area contributed by atoms with E-state index in [0.717, 1.165) is 37.9 Å². The minimum atomic E-state index is -0.683. The fraction of sp³-hybridized carbons (Fsp3) is 0.450. The molecule has 0 unspecified atom stereocenters. The predicted molar refractivity (Wildman–Crippen MR) is 104 cm³/mol. The van der Waals surface area contributed by atoms with Crippen molar-refractivity contribution in [3.8, 4) is 0 Å². The number of carboxylic acids is 1. The van der Waals surface area contributed by atoms with E-state index in [-0.39, 0.29) is 0 Å². The number of thiophene rings is 1. The highest BCUT2D eigenvalue weighted by Gasteiger charge is 2.08. The molecule has 130 valence electrons. The van der Waals surface area contributed by atoms with Crippen molar-refractivity contribution >= 4 is 29.1 Å². The first-order chi connectivity index (χ1) is 11.6. The van der Waals surface area contributed by atoms with Gasteiger partial charge in [-0.3, -0.25) is 4.79 Å². The van der Waals surface area contributed by atoms with Crippen LogP contribution < -0.4 is 0 Å². The van der Waals surface area contributed by atoms with Crippen LogP contribution in [-0.4, -0.2) is 16.8 Å². The van der Waals surface area contributed by atoms with E-state index in [4.69, 9.17) is 5.11 Å². The quantitative estimate of drug-likeness (QED) is 0.395. The zero-order valence-electron chi connectivity index (χ0n) is 14.3. The average Bonchev–Trinajstić information content (AvgIpc) is 2.91. The van der Waals surface area contributed by atoms with Gasteiger partial charge in [0.25, 0.3) is 0 Å². The van der Waals surface area contributed by atoms with Gasteiger partial charge in [-0.1, -0.05) is 36.8 Å². The Morgan fingerprint density at radius 2 is 1.88 bits per heavy atom. The molecule has 0 amide bonds. The molecule has 0 fully saturated rings. The summed E-state index contributed by atoms with van der Waals surface area (Å²) >= 11 is 3.84. The number of rotatable bonds is 11. The Morgan fingerprint density at radius 1 is 1.08 bits per heavy atom. The van der Waals surface area contributed by atoms with E-state index in [1.165, 1.54) is 26.6 Å². The molecule has 0 saturated heterocycles. The largest absolute Gasteiger partial charge is 0.481 e. The van der Waals surface area contributed by atoms with Gasteiger partial charge in [-0.2, -0.15) is 0 Å². The van der Waals surface area contributed by atoms with Gasteiger partial charge in [0.1, 0.15) is 0 Å². The Bertz CT molecular complexity index is 620. The number of benzene rings is 1. The number of hydrogen-bond acceptors (Lipinski definition) is 3. The van der Waals surface area contributed by atoms with Crippen LogP contribution in [0, 0.1) is 6.92 Å². The summed E-state index contributed by atoms with van der Waals surface area (Å²) in [5.41, 5.74) is 2.90. The Morgan fingerprint density at radius 3 is 2.62 bits per heavy atom. The van der Waals surface area contributed by atoms with Crippen LogP contribution in [0.1, 0.15) is 48.1 Å². The monoisotopic (exact) mass is 362 g/mol. The number of carboxylic acid groups (broad SMARTS) is 1. The lowest BCUT2D eigenvalue weighted by molar-refractivity contribution is -0.137. The molecule has 2 nitrogen and oxygen atoms in total. The first-order valence-corrected chi connectivity index (χ1v) is 10.4. The van der Waals surface area contributed by atoms with Gasteiger partial charge in [-0.25, -0.2) is 0 Å². The standard InChI is InChI=1S/C20H26O2S2/c1-16-15-18(12-8-11-17-9-4-2-5-10-17)20(24-16)23-14-7-3-6-13-19(21)22/h2,4-5,9-10,15H,3,6-8,11-14H2,1H3,(H,21,22). The van der Waals surface area contributed by atoms with E-state index in [0.29, 0.717) is 6.42 Å². The van der Waals surface area contributed by atoms with Crippen molar-refractivity contribution in [1.82, 2.24) is 0 Å². The molecule has 0 aliphatic carbocycles. The molecule has 4 heteroatoms. The highest BCUT2D eigenvalue weighted by molar-refractivity contribution is 8.01. The maximum atomic E-state index is 10.5. The van der Waals surface area contributed by atoms with Gasteiger partial charge in [-0.15, -0.1) is 23.1 Å². The molecule has 0 saturated carbocycles. The van der Waals surface area contributed by atoms with E-state index >= 15 is 0 Å². The summed E-state index contributed by atoms with van der Waals surface area (Å²) in [7, 11) is 0. The minimum absolute atomic E-state index is 0.299. The third-order valence-electron chi connectivity index (χ3n) is 3.92. The fourth-order valence-corrected chi connectivity index (χ4v) is 5.24. The van der Waals surface area contributed by atoms with Gasteiger partial charge in [0.15, 0.2) is 0 Å². The van der Waals surface area contributed by atoms with Crippen molar-refractivity contribution < 1.29 is 9.90 Å². The molecule has 0 radical (unpaired) electrons. The predicted octanol–water partition coefficient (Wildman–Crippen LogP) is 5.97. The maximum absolute atomic E-state index is 10.5. The summed E-state index contributed by atoms with van der Waals surface area (Å²) in [6.45, 7) is 2.18. The lowest BCUT2D eigenvalue weighted by atomic mass is 10.1. The fourth-order valence-electron chi connectivity index (χ4n) is 2.69. The van der Waals surface area contributed by atoms with Crippen LogP contribution in [-0.2, 0) is 17.6 Å². The lowest BCUT2D eigenvalue weighted by Gasteiger charge is -2.04. The molecule has 0 aliphatic rings. The van der Waals surface area contributed by atoms with E-state index in [1.54, 1.807) is 0 Å². The summed E-state index contributed by atoms with van der Waals surface area (Å²) < 4.78 is 1.46. The first-order valence-electron chi connectivity index (χ1n) is 8.63. The molecule has 1 heterocycles. The molecule has 0 spiro atoms. The normalized spacial score (nSPS) is 10.9. The Balaban J connectivity index is 1.72. The van der Waals surface area contributed by atoms with Crippen LogP contribution >= 0.6 is 23.1 Å². The van der Waals surface area contributed by atoms with Crippen molar-refractivity contribution in [1.29, 1.82) is 0 Å². The zero-order valence-corrected chi connectivity index (χ0v) is 15.9. The van der Waals surface area contributed by atoms with Crippen LogP contribution in [0.4, 0.5) is 0 Å². The highest BCUT2D eigenvalue weighted by Crippen LogP contribution is 2.33. The van der Waals surface area contributed by atoms with E-state index in [9.17, 15) is 4.79 Å². The Hall–Kier alpha value is -1.26. The first kappa shape index (κ1) is 19.1. The lowest BCUT2D eigenvalue weighted by Crippen LogP contribution is -1.94. The molecule has 1 N–H and O–H groups in total. The SMILES string of the molecule is Cc1cc(CCCc2ccccc2)c(SCCCCCC(=O)O)s1. The van der Waals surface area contributed by atoms with Crippen LogP contribution in [0.2, 0.25) is 0 Å². The average molecular weight is 363 g/mol. The number of carbonyl (C=O) groups is 1. The smallest absolute Gasteiger partial charge is 0.303 e. The third kappa shape index (κ3) is 7.10. The van der Waals surface area contributed by atoms with Crippen molar-refractivity contribution in [2.45, 2.75) is 56.1 Å². The molecule has 0 atom stereocenters. The summed E-state index contributed by atoms with van der Waals surface area (Å²) in [4.78, 5) is 11.9. The van der Waals surface area contributed by atoms with Crippen LogP contribution in [0.25, 0.3) is 0 Å². The molecule has 0 bridgehead atoms. The molecule has 24 heavy (non-hydrogen) atoms. The molecule has 0 aliphatic heterocycles. The van der Waals surface area contributed by atoms with E-state index < -0.39 is 5.97 Å². The van der Waals surface area contributed by atoms with Crippen LogP contribution in [0.3, 0.4) is 0 Å². The molecule has 2 aromatic rings. The number of aryl methyl sites for hydroxylation is 3. The maximum Gasteiger partial charge on any atom is 0.303 e. The molecule has 1 aromatic heterocycles. The summed E-state index contributed by atoms with van der Waals surface area (Å²) in [5, 5.41) is 8.65. The highest BCUT2D eigenvalue weighted by atomic mass is 32.2. The van der Waals surface area contributed by atoms with E-state index in [1.807, 2.05) is 23.1 Å². The topological polar surface area (TPSA) is 37.3 Å². The van der Waals surface area contributed by atoms with Crippen LogP contribution in [0.5, 0.6) is 0 Å². The van der Waals surface area contributed by atoms with Crippen molar-refractivity contribution in [2.24, 2.45) is 0 Å². The van der Waals surface area contributed by atoms with Crippen LogP contribution in [0.15, 0.2) is 40.6 Å². The minimum Gasteiger partial charge on any atom is -0.481 e. The van der Waals surface area contributed by atoms with Crippen molar-refractivity contribution in [3.63, 3.8) is 0 Å². The number of unbranched alkanes of at least 4 members (excludes halogenated alkanes) is 2. The van der Waals surface area contributed by atoms with Crippen molar-refractivity contribution in [2.75, 3.05) is 5.75 Å². The van der Waals surface area contributed by atoms with Gasteiger partial charge >= 0.3 is 5.97 Å². The number of thioether (sulfide) groups is 1. The van der Waals surface area contributed by atoms with Gasteiger partial charge in [-0.05, 0) is 62.0 Å². The van der Waals surface area contributed by atoms with E-state index in [2.05, 4.69) is 43.3 Å². The molecule has 2 rings (SSSR count). The number of aliphatic carboxylic acids is 1. The van der Waals surface area contributed by atoms with Gasteiger partial charge < -0.3 is 5.11 Å². The summed E-state index contributed by atoms with van der Waals surface area (Å²) in [6.07, 6.45) is 6.66. The zero-order chi connectivity index (χ0) is 17.2. The summed E-state index contributed by atoms with van der Waals surface area (Å²) in [5.74, 6) is 0.405. The second kappa shape index (κ2) is 10.6. The van der Waals surface area contributed by atoms with Gasteiger partial charge in [0, 0.05) is 11.3 Å². The van der Waals surface area contributed by atoms with Gasteiger partial charge in [0.05, 0.1) is 4.21 Å². The van der Waals surface area contributed by atoms with Gasteiger partial charge in [0.2, 0.25) is 0 Å². The second-order valence-corrected chi connectivity index (χ2v) is 8.68. The Kier molecular flexibility index (Phi) is 8.40. The Labute approximate surface area is 153 Å². The molecular formula is C20H26O2S2. The number of hydrogen-bond donors (Lipinski definition) is 1. The summed E-state index contributed by atoms with van der Waals surface area (Å²) in [6, 6.07) is 13.0. The molecule has 1 aromatic carbocycles.